The summed E-state index contributed by atoms with van der Waals surface area (Å²) < 4.78 is 26.9. The average molecular weight is 344 g/mol. The van der Waals surface area contributed by atoms with Gasteiger partial charge in [0.2, 0.25) is 10.0 Å². The van der Waals surface area contributed by atoms with E-state index in [1.807, 2.05) is 6.07 Å². The van der Waals surface area contributed by atoms with Crippen LogP contribution in [0.3, 0.4) is 0 Å². The highest BCUT2D eigenvalue weighted by atomic mass is 35.5. The zero-order valence-corrected chi connectivity index (χ0v) is 13.5. The van der Waals surface area contributed by atoms with Crippen molar-refractivity contribution in [3.63, 3.8) is 0 Å². The highest BCUT2D eigenvalue weighted by Gasteiger charge is 2.13. The van der Waals surface area contributed by atoms with Crippen LogP contribution in [-0.4, -0.2) is 14.3 Å². The molecule has 0 aliphatic heterocycles. The van der Waals surface area contributed by atoms with Gasteiger partial charge in [0.05, 0.1) is 4.90 Å². The Hall–Kier alpha value is -1.07. The quantitative estimate of drug-likeness (QED) is 0.814. The van der Waals surface area contributed by atoms with Gasteiger partial charge in [-0.15, -0.1) is 11.6 Å². The first-order chi connectivity index (χ1) is 10.0. The second-order valence-electron chi connectivity index (χ2n) is 4.54. The normalized spacial score (nSPS) is 11.5. The van der Waals surface area contributed by atoms with Crippen LogP contribution in [0.4, 0.5) is 0 Å². The van der Waals surface area contributed by atoms with Crippen molar-refractivity contribution in [3.05, 3.63) is 64.7 Å². The number of sulfonamides is 1. The number of aryl methyl sites for hydroxylation is 1. The Kier molecular flexibility index (Phi) is 5.65. The van der Waals surface area contributed by atoms with Gasteiger partial charge in [0.1, 0.15) is 0 Å². The molecular formula is C15H15Cl2NO2S. The Morgan fingerprint density at radius 3 is 2.33 bits per heavy atom. The highest BCUT2D eigenvalue weighted by molar-refractivity contribution is 7.89. The first-order valence-corrected chi connectivity index (χ1v) is 8.80. The van der Waals surface area contributed by atoms with Crippen molar-refractivity contribution >= 4 is 33.2 Å². The smallest absolute Gasteiger partial charge is 0.207 e. The zero-order valence-electron chi connectivity index (χ0n) is 11.2. The van der Waals surface area contributed by atoms with Gasteiger partial charge in [-0.3, -0.25) is 0 Å². The SMILES string of the molecule is O=S(=O)(NCc1cccc(Cl)c1)c1ccc(CCCl)cc1. The van der Waals surface area contributed by atoms with Gasteiger partial charge in [-0.05, 0) is 41.8 Å². The molecular weight excluding hydrogens is 329 g/mol. The summed E-state index contributed by atoms with van der Waals surface area (Å²) >= 11 is 11.5. The molecule has 0 bridgehead atoms. The van der Waals surface area contributed by atoms with Crippen LogP contribution in [0, 0.1) is 0 Å². The standard InChI is InChI=1S/C15H15Cl2NO2S/c16-9-8-12-4-6-15(7-5-12)21(19,20)18-11-13-2-1-3-14(17)10-13/h1-7,10,18H,8-9,11H2. The van der Waals surface area contributed by atoms with Gasteiger partial charge < -0.3 is 0 Å². The van der Waals surface area contributed by atoms with Crippen LogP contribution in [0.5, 0.6) is 0 Å². The average Bonchev–Trinajstić information content (AvgIpc) is 2.46. The molecule has 0 spiro atoms. The minimum absolute atomic E-state index is 0.201. The lowest BCUT2D eigenvalue weighted by Gasteiger charge is -2.08. The summed E-state index contributed by atoms with van der Waals surface area (Å²) in [6, 6.07) is 13.8. The number of nitrogens with one attached hydrogen (secondary N) is 1. The van der Waals surface area contributed by atoms with Crippen LogP contribution in [-0.2, 0) is 23.0 Å². The fourth-order valence-electron chi connectivity index (χ4n) is 1.85. The predicted octanol–water partition coefficient (Wildman–Crippen LogP) is 3.60. The zero-order chi connectivity index (χ0) is 15.3. The van der Waals surface area contributed by atoms with Crippen LogP contribution < -0.4 is 4.72 Å². The van der Waals surface area contributed by atoms with Crippen molar-refractivity contribution in [2.24, 2.45) is 0 Å². The molecule has 2 rings (SSSR count). The number of halogens is 2. The fraction of sp³-hybridized carbons (Fsp3) is 0.200. The van der Waals surface area contributed by atoms with Gasteiger partial charge in [-0.25, -0.2) is 13.1 Å². The third-order valence-electron chi connectivity index (χ3n) is 2.97. The van der Waals surface area contributed by atoms with Crippen molar-refractivity contribution in [3.8, 4) is 0 Å². The summed E-state index contributed by atoms with van der Waals surface area (Å²) in [6.45, 7) is 0.201. The number of hydrogen-bond acceptors (Lipinski definition) is 2. The summed E-state index contributed by atoms with van der Waals surface area (Å²) in [5.41, 5.74) is 1.82. The van der Waals surface area contributed by atoms with Gasteiger partial charge in [0.25, 0.3) is 0 Å². The minimum Gasteiger partial charge on any atom is -0.207 e. The Balaban J connectivity index is 2.07. The molecule has 0 amide bonds. The predicted molar refractivity (Wildman–Crippen MR) is 86.3 cm³/mol. The molecule has 0 aliphatic rings. The molecule has 0 heterocycles. The molecule has 0 saturated heterocycles. The molecule has 6 heteroatoms. The molecule has 21 heavy (non-hydrogen) atoms. The molecule has 0 radical (unpaired) electrons. The Bertz CT molecular complexity index is 700. The second kappa shape index (κ2) is 7.27. The van der Waals surface area contributed by atoms with E-state index in [0.717, 1.165) is 17.5 Å². The first-order valence-electron chi connectivity index (χ1n) is 6.40. The topological polar surface area (TPSA) is 46.2 Å². The fourth-order valence-corrected chi connectivity index (χ4v) is 3.30. The molecule has 0 unspecified atom stereocenters. The minimum atomic E-state index is -3.53. The van der Waals surface area contributed by atoms with Crippen molar-refractivity contribution in [2.45, 2.75) is 17.9 Å². The van der Waals surface area contributed by atoms with Crippen molar-refractivity contribution in [1.82, 2.24) is 4.72 Å². The Morgan fingerprint density at radius 2 is 1.71 bits per heavy atom. The third-order valence-corrected chi connectivity index (χ3v) is 4.81. The number of rotatable bonds is 6. The van der Waals surface area contributed by atoms with E-state index in [2.05, 4.69) is 4.72 Å². The lowest BCUT2D eigenvalue weighted by atomic mass is 10.2. The Morgan fingerprint density at radius 1 is 1.00 bits per heavy atom. The maximum atomic E-state index is 12.2. The summed E-state index contributed by atoms with van der Waals surface area (Å²) in [4.78, 5) is 0.239. The van der Waals surface area contributed by atoms with Gasteiger partial charge >= 0.3 is 0 Å². The summed E-state index contributed by atoms with van der Waals surface area (Å²) in [5.74, 6) is 0.513. The largest absolute Gasteiger partial charge is 0.240 e. The monoisotopic (exact) mass is 343 g/mol. The van der Waals surface area contributed by atoms with Crippen molar-refractivity contribution in [1.29, 1.82) is 0 Å². The van der Waals surface area contributed by atoms with Gasteiger partial charge in [0, 0.05) is 17.4 Å². The van der Waals surface area contributed by atoms with E-state index < -0.39 is 10.0 Å². The highest BCUT2D eigenvalue weighted by Crippen LogP contribution is 2.14. The molecule has 3 nitrogen and oxygen atoms in total. The van der Waals surface area contributed by atoms with Gasteiger partial charge in [-0.1, -0.05) is 35.9 Å². The lowest BCUT2D eigenvalue weighted by molar-refractivity contribution is 0.581. The molecule has 2 aromatic carbocycles. The third kappa shape index (κ3) is 4.71. The molecule has 0 aromatic heterocycles. The molecule has 1 N–H and O–H groups in total. The van der Waals surface area contributed by atoms with Crippen LogP contribution in [0.15, 0.2) is 53.4 Å². The number of benzene rings is 2. The summed E-state index contributed by atoms with van der Waals surface area (Å²) in [7, 11) is -3.53. The molecule has 2 aromatic rings. The molecule has 112 valence electrons. The summed E-state index contributed by atoms with van der Waals surface area (Å²) in [6.07, 6.45) is 0.720. The lowest BCUT2D eigenvalue weighted by Crippen LogP contribution is -2.23. The second-order valence-corrected chi connectivity index (χ2v) is 7.12. The van der Waals surface area contributed by atoms with Crippen molar-refractivity contribution in [2.75, 3.05) is 5.88 Å². The number of hydrogen-bond donors (Lipinski definition) is 1. The Labute approximate surface area is 135 Å². The molecule has 0 fully saturated rings. The van der Waals surface area contributed by atoms with Crippen LogP contribution >= 0.6 is 23.2 Å². The maximum Gasteiger partial charge on any atom is 0.240 e. The number of alkyl halides is 1. The van der Waals surface area contributed by atoms with E-state index in [0.29, 0.717) is 10.9 Å². The van der Waals surface area contributed by atoms with E-state index in [9.17, 15) is 8.42 Å². The van der Waals surface area contributed by atoms with Crippen LogP contribution in [0.1, 0.15) is 11.1 Å². The first kappa shape index (κ1) is 16.3. The van der Waals surface area contributed by atoms with E-state index >= 15 is 0 Å². The molecule has 0 saturated carbocycles. The maximum absolute atomic E-state index is 12.2. The van der Waals surface area contributed by atoms with Gasteiger partial charge in [0.15, 0.2) is 0 Å². The van der Waals surface area contributed by atoms with E-state index in [4.69, 9.17) is 23.2 Å². The van der Waals surface area contributed by atoms with E-state index in [-0.39, 0.29) is 11.4 Å². The molecule has 0 aliphatic carbocycles. The van der Waals surface area contributed by atoms with Crippen LogP contribution in [0.25, 0.3) is 0 Å². The van der Waals surface area contributed by atoms with Crippen LogP contribution in [0.2, 0.25) is 5.02 Å². The van der Waals surface area contributed by atoms with E-state index in [1.165, 1.54) is 0 Å². The summed E-state index contributed by atoms with van der Waals surface area (Å²) in [5, 5.41) is 0.581. The van der Waals surface area contributed by atoms with Crippen molar-refractivity contribution < 1.29 is 8.42 Å². The molecule has 0 atom stereocenters. The van der Waals surface area contributed by atoms with Gasteiger partial charge in [-0.2, -0.15) is 0 Å². The van der Waals surface area contributed by atoms with E-state index in [1.54, 1.807) is 42.5 Å².